The molecule has 0 spiro atoms. The van der Waals surface area contributed by atoms with Gasteiger partial charge in [0.1, 0.15) is 17.4 Å². The molecule has 4 N–H and O–H groups in total. The van der Waals surface area contributed by atoms with Gasteiger partial charge in [0.15, 0.2) is 0 Å². The molecule has 28 heavy (non-hydrogen) atoms. The first-order chi connectivity index (χ1) is 13.6. The Morgan fingerprint density at radius 2 is 1.79 bits per heavy atom. The molecule has 2 aromatic carbocycles. The topological polar surface area (TPSA) is 79.1 Å². The molecule has 7 heteroatoms. The Hall–Kier alpha value is -3.19. The summed E-state index contributed by atoms with van der Waals surface area (Å²) in [6.45, 7) is 0. The number of allylic oxidation sites excluding steroid dienone is 2. The summed E-state index contributed by atoms with van der Waals surface area (Å²) >= 11 is 1.45. The second-order valence-electron chi connectivity index (χ2n) is 5.93. The highest BCUT2D eigenvalue weighted by molar-refractivity contribution is 8.02. The van der Waals surface area contributed by atoms with Crippen LogP contribution < -0.4 is 16.2 Å². The molecule has 1 aromatic heterocycles. The van der Waals surface area contributed by atoms with Gasteiger partial charge in [-0.05, 0) is 60.2 Å². The van der Waals surface area contributed by atoms with E-state index in [0.29, 0.717) is 16.6 Å². The van der Waals surface area contributed by atoms with Gasteiger partial charge in [-0.1, -0.05) is 12.1 Å². The van der Waals surface area contributed by atoms with E-state index in [1.54, 1.807) is 42.3 Å². The average Bonchev–Trinajstić information content (AvgIpc) is 3.21. The quantitative estimate of drug-likeness (QED) is 0.586. The molecule has 0 aliphatic rings. The van der Waals surface area contributed by atoms with E-state index in [1.165, 1.54) is 23.9 Å². The van der Waals surface area contributed by atoms with Crippen molar-refractivity contribution in [2.24, 2.45) is 11.5 Å². The van der Waals surface area contributed by atoms with Crippen molar-refractivity contribution in [2.45, 2.75) is 5.75 Å². The molecule has 0 unspecified atom stereocenters. The molecule has 0 fully saturated rings. The van der Waals surface area contributed by atoms with E-state index in [2.05, 4.69) is 5.10 Å². The summed E-state index contributed by atoms with van der Waals surface area (Å²) in [4.78, 5) is 0. The first kappa shape index (κ1) is 19.6. The summed E-state index contributed by atoms with van der Waals surface area (Å²) in [5.74, 6) is 1.63. The number of methoxy groups -OCH3 is 1. The fourth-order valence-electron chi connectivity index (χ4n) is 2.52. The number of benzene rings is 2. The third-order valence-corrected chi connectivity index (χ3v) is 4.96. The summed E-state index contributed by atoms with van der Waals surface area (Å²) in [6.07, 6.45) is 5.15. The molecule has 0 bridgehead atoms. The van der Waals surface area contributed by atoms with Crippen molar-refractivity contribution in [3.8, 4) is 17.0 Å². The maximum absolute atomic E-state index is 12.9. The van der Waals surface area contributed by atoms with E-state index < -0.39 is 0 Å². The van der Waals surface area contributed by atoms with Gasteiger partial charge >= 0.3 is 0 Å². The lowest BCUT2D eigenvalue weighted by atomic mass is 10.1. The predicted octanol–water partition coefficient (Wildman–Crippen LogP) is 4.19. The third kappa shape index (κ3) is 4.95. The van der Waals surface area contributed by atoms with Crippen LogP contribution in [0.1, 0.15) is 5.56 Å². The van der Waals surface area contributed by atoms with Gasteiger partial charge in [-0.25, -0.2) is 9.07 Å². The van der Waals surface area contributed by atoms with Crippen LogP contribution >= 0.6 is 11.8 Å². The summed E-state index contributed by atoms with van der Waals surface area (Å²) < 4.78 is 19.8. The van der Waals surface area contributed by atoms with E-state index in [9.17, 15) is 4.39 Å². The molecule has 144 valence electrons. The predicted molar refractivity (Wildman–Crippen MR) is 113 cm³/mol. The summed E-state index contributed by atoms with van der Waals surface area (Å²) in [6, 6.07) is 15.9. The van der Waals surface area contributed by atoms with Crippen molar-refractivity contribution in [2.75, 3.05) is 7.11 Å². The van der Waals surface area contributed by atoms with Gasteiger partial charge in [0, 0.05) is 11.3 Å². The average molecular weight is 396 g/mol. The molecule has 3 aromatic rings. The zero-order chi connectivity index (χ0) is 19.9. The number of rotatable bonds is 7. The Labute approximate surface area is 167 Å². The van der Waals surface area contributed by atoms with Crippen LogP contribution in [0.5, 0.6) is 5.75 Å². The van der Waals surface area contributed by atoms with Crippen molar-refractivity contribution >= 4 is 17.6 Å². The zero-order valence-corrected chi connectivity index (χ0v) is 16.2. The number of nitrogens with zero attached hydrogens (tertiary/aromatic N) is 2. The molecule has 0 atom stereocenters. The number of ether oxygens (including phenoxy) is 1. The van der Waals surface area contributed by atoms with Crippen molar-refractivity contribution in [1.29, 1.82) is 0 Å². The van der Waals surface area contributed by atoms with Crippen molar-refractivity contribution in [3.05, 3.63) is 89.4 Å². The number of hydrogen-bond donors (Lipinski definition) is 2. The largest absolute Gasteiger partial charge is 0.497 e. The highest BCUT2D eigenvalue weighted by Gasteiger charge is 2.07. The van der Waals surface area contributed by atoms with E-state index >= 15 is 0 Å². The SMILES string of the molecule is COc1ccc(-c2ccnn2/C(N)=C/C=C(\N)SCc2ccc(F)cc2)cc1. The first-order valence-corrected chi connectivity index (χ1v) is 9.54. The number of nitrogens with two attached hydrogens (primary N) is 2. The molecule has 3 rings (SSSR count). The second kappa shape index (κ2) is 9.14. The van der Waals surface area contributed by atoms with E-state index in [-0.39, 0.29) is 5.82 Å². The Kier molecular flexibility index (Phi) is 6.39. The van der Waals surface area contributed by atoms with Crippen LogP contribution in [0.4, 0.5) is 4.39 Å². The van der Waals surface area contributed by atoms with Crippen LogP contribution in [0.2, 0.25) is 0 Å². The molecular formula is C21H21FN4OS. The smallest absolute Gasteiger partial charge is 0.125 e. The molecule has 0 aliphatic heterocycles. The monoisotopic (exact) mass is 396 g/mol. The lowest BCUT2D eigenvalue weighted by Gasteiger charge is -2.08. The van der Waals surface area contributed by atoms with Crippen LogP contribution in [-0.4, -0.2) is 16.9 Å². The Balaban J connectivity index is 1.70. The Bertz CT molecular complexity index is 978. The summed E-state index contributed by atoms with van der Waals surface area (Å²) in [5.41, 5.74) is 15.1. The van der Waals surface area contributed by atoms with Crippen LogP contribution in [0.15, 0.2) is 78.0 Å². The minimum absolute atomic E-state index is 0.250. The fraction of sp³-hybridized carbons (Fsp3) is 0.0952. The lowest BCUT2D eigenvalue weighted by molar-refractivity contribution is 0.415. The zero-order valence-electron chi connectivity index (χ0n) is 15.4. The summed E-state index contributed by atoms with van der Waals surface area (Å²) in [5, 5.41) is 4.90. The van der Waals surface area contributed by atoms with Gasteiger partial charge < -0.3 is 16.2 Å². The van der Waals surface area contributed by atoms with E-state index in [1.807, 2.05) is 30.3 Å². The highest BCUT2D eigenvalue weighted by atomic mass is 32.2. The van der Waals surface area contributed by atoms with Gasteiger partial charge in [-0.3, -0.25) is 0 Å². The molecule has 5 nitrogen and oxygen atoms in total. The number of hydrogen-bond acceptors (Lipinski definition) is 5. The standard InChI is InChI=1S/C21H21FN4OS/c1-27-18-8-4-16(5-9-18)19-12-13-25-26(19)20(23)10-11-21(24)28-14-15-2-6-17(22)7-3-15/h2-13H,14,23-24H2,1H3/b20-10+,21-11+. The molecule has 0 amide bonds. The van der Waals surface area contributed by atoms with E-state index in [4.69, 9.17) is 16.2 Å². The van der Waals surface area contributed by atoms with Gasteiger partial charge in [0.05, 0.1) is 24.0 Å². The highest BCUT2D eigenvalue weighted by Crippen LogP contribution is 2.23. The molecule has 0 saturated carbocycles. The minimum atomic E-state index is -0.250. The van der Waals surface area contributed by atoms with Crippen LogP contribution in [0.3, 0.4) is 0 Å². The number of halogens is 1. The number of aromatic nitrogens is 2. The Morgan fingerprint density at radius 3 is 2.46 bits per heavy atom. The third-order valence-electron chi connectivity index (χ3n) is 4.01. The van der Waals surface area contributed by atoms with Crippen LogP contribution in [-0.2, 0) is 5.75 Å². The van der Waals surface area contributed by atoms with E-state index in [0.717, 1.165) is 22.6 Å². The molecule has 0 saturated heterocycles. The molecule has 0 aliphatic carbocycles. The van der Waals surface area contributed by atoms with Gasteiger partial charge in [-0.2, -0.15) is 5.10 Å². The lowest BCUT2D eigenvalue weighted by Crippen LogP contribution is -2.09. The van der Waals surface area contributed by atoms with Crippen molar-refractivity contribution in [1.82, 2.24) is 9.78 Å². The maximum atomic E-state index is 12.9. The van der Waals surface area contributed by atoms with Gasteiger partial charge in [0.25, 0.3) is 0 Å². The molecule has 1 heterocycles. The fourth-order valence-corrected chi connectivity index (χ4v) is 3.21. The van der Waals surface area contributed by atoms with Gasteiger partial charge in [-0.15, -0.1) is 11.8 Å². The van der Waals surface area contributed by atoms with Crippen molar-refractivity contribution < 1.29 is 9.13 Å². The molecular weight excluding hydrogens is 375 g/mol. The van der Waals surface area contributed by atoms with Crippen LogP contribution in [0, 0.1) is 5.82 Å². The second-order valence-corrected chi connectivity index (χ2v) is 6.98. The van der Waals surface area contributed by atoms with Crippen LogP contribution in [0.25, 0.3) is 17.1 Å². The molecule has 0 radical (unpaired) electrons. The van der Waals surface area contributed by atoms with Crippen molar-refractivity contribution in [3.63, 3.8) is 0 Å². The maximum Gasteiger partial charge on any atom is 0.125 e. The normalized spacial score (nSPS) is 12.2. The minimum Gasteiger partial charge on any atom is -0.497 e. The number of thioether (sulfide) groups is 1. The van der Waals surface area contributed by atoms with Gasteiger partial charge in [0.2, 0.25) is 0 Å². The first-order valence-electron chi connectivity index (χ1n) is 8.56. The summed E-state index contributed by atoms with van der Waals surface area (Å²) in [7, 11) is 1.63. The Morgan fingerprint density at radius 1 is 1.07 bits per heavy atom.